The third-order valence-electron chi connectivity index (χ3n) is 5.04. The van der Waals surface area contributed by atoms with Crippen LogP contribution >= 0.6 is 0 Å². The highest BCUT2D eigenvalue weighted by Crippen LogP contribution is 2.18. The number of amides is 2. The summed E-state index contributed by atoms with van der Waals surface area (Å²) in [6.45, 7) is 3.80. The average molecular weight is 453 g/mol. The van der Waals surface area contributed by atoms with Gasteiger partial charge in [-0.15, -0.1) is 0 Å². The van der Waals surface area contributed by atoms with E-state index < -0.39 is 0 Å². The number of hydrazone groups is 2. The van der Waals surface area contributed by atoms with Gasteiger partial charge in [0.15, 0.2) is 0 Å². The van der Waals surface area contributed by atoms with Crippen molar-refractivity contribution in [2.45, 2.75) is 58.8 Å². The highest BCUT2D eigenvalue weighted by atomic mass is 16.3. The number of nitrogens with one attached hydrogen (secondary N) is 2. The molecule has 0 fully saturated rings. The van der Waals surface area contributed by atoms with Gasteiger partial charge in [0.25, 0.3) is 0 Å². The van der Waals surface area contributed by atoms with Crippen molar-refractivity contribution in [3.8, 4) is 11.5 Å². The number of aromatic hydroxyl groups is 2. The summed E-state index contributed by atoms with van der Waals surface area (Å²) in [7, 11) is 0. The Bertz CT molecular complexity index is 922. The smallest absolute Gasteiger partial charge is 0.240 e. The van der Waals surface area contributed by atoms with Crippen LogP contribution in [-0.4, -0.2) is 33.5 Å². The third-order valence-corrected chi connectivity index (χ3v) is 5.04. The number of hydrogen-bond donors (Lipinski definition) is 4. The normalized spacial score (nSPS) is 11.8. The second-order valence-corrected chi connectivity index (χ2v) is 7.49. The molecule has 2 aromatic carbocycles. The van der Waals surface area contributed by atoms with Crippen LogP contribution in [0.25, 0.3) is 0 Å². The minimum atomic E-state index is -0.208. The molecule has 2 aromatic rings. The van der Waals surface area contributed by atoms with E-state index in [9.17, 15) is 19.8 Å². The number of unbranched alkanes of at least 4 members (excludes halogenated alkanes) is 2. The van der Waals surface area contributed by atoms with Gasteiger partial charge in [0, 0.05) is 24.0 Å². The minimum absolute atomic E-state index is 0.126. The summed E-state index contributed by atoms with van der Waals surface area (Å²) in [4.78, 5) is 24.1. The second kappa shape index (κ2) is 13.7. The Labute approximate surface area is 194 Å². The molecule has 4 N–H and O–H groups in total. The Balaban J connectivity index is 1.70. The van der Waals surface area contributed by atoms with Crippen LogP contribution in [0.4, 0.5) is 0 Å². The van der Waals surface area contributed by atoms with Crippen molar-refractivity contribution in [3.05, 3.63) is 59.7 Å². The molecule has 0 spiro atoms. The first-order chi connectivity index (χ1) is 16.0. The summed E-state index contributed by atoms with van der Waals surface area (Å²) in [5.74, 6) is -0.162. The summed E-state index contributed by atoms with van der Waals surface area (Å²) >= 11 is 0. The van der Waals surface area contributed by atoms with Gasteiger partial charge in [-0.2, -0.15) is 10.2 Å². The summed E-state index contributed by atoms with van der Waals surface area (Å²) < 4.78 is 0. The first kappa shape index (κ1) is 25.6. The molecular formula is C25H32N4O4. The number of rotatable bonds is 12. The van der Waals surface area contributed by atoms with Crippen LogP contribution in [-0.2, 0) is 9.59 Å². The van der Waals surface area contributed by atoms with Crippen LogP contribution in [0.15, 0.2) is 58.7 Å². The third kappa shape index (κ3) is 8.40. The van der Waals surface area contributed by atoms with E-state index in [1.54, 1.807) is 48.5 Å². The van der Waals surface area contributed by atoms with Gasteiger partial charge in [0.1, 0.15) is 11.5 Å². The van der Waals surface area contributed by atoms with Crippen LogP contribution in [0, 0.1) is 0 Å². The molecule has 0 saturated carbocycles. The van der Waals surface area contributed by atoms with Gasteiger partial charge in [-0.25, -0.2) is 10.9 Å². The number of hydrogen-bond acceptors (Lipinski definition) is 6. The van der Waals surface area contributed by atoms with Crippen molar-refractivity contribution in [3.63, 3.8) is 0 Å². The van der Waals surface area contributed by atoms with Crippen molar-refractivity contribution in [2.24, 2.45) is 10.2 Å². The molecule has 0 bridgehead atoms. The lowest BCUT2D eigenvalue weighted by atomic mass is 10.1. The molecule has 8 nitrogen and oxygen atoms in total. The fraction of sp³-hybridized carbons (Fsp3) is 0.360. The summed E-state index contributed by atoms with van der Waals surface area (Å²) in [5, 5.41) is 28.1. The van der Waals surface area contributed by atoms with Crippen LogP contribution in [0.1, 0.15) is 69.9 Å². The molecule has 0 atom stereocenters. The number of carbonyl (C=O) groups excluding carboxylic acids is 2. The average Bonchev–Trinajstić information content (AvgIpc) is 2.81. The number of phenolic OH excluding ortho intramolecular Hbond substituents is 2. The Kier molecular flexibility index (Phi) is 10.6. The van der Waals surface area contributed by atoms with Crippen LogP contribution in [0.2, 0.25) is 0 Å². The van der Waals surface area contributed by atoms with E-state index in [1.807, 2.05) is 13.8 Å². The molecule has 176 valence electrons. The predicted molar refractivity (Wildman–Crippen MR) is 129 cm³/mol. The maximum absolute atomic E-state index is 12.1. The van der Waals surface area contributed by atoms with Gasteiger partial charge >= 0.3 is 0 Å². The van der Waals surface area contributed by atoms with Gasteiger partial charge in [0.05, 0.1) is 11.4 Å². The van der Waals surface area contributed by atoms with Gasteiger partial charge in [-0.05, 0) is 49.9 Å². The van der Waals surface area contributed by atoms with Gasteiger partial charge < -0.3 is 10.2 Å². The van der Waals surface area contributed by atoms with Crippen molar-refractivity contribution < 1.29 is 19.8 Å². The van der Waals surface area contributed by atoms with Crippen molar-refractivity contribution >= 4 is 23.2 Å². The summed E-state index contributed by atoms with van der Waals surface area (Å²) in [5.41, 5.74) is 7.49. The lowest BCUT2D eigenvalue weighted by Gasteiger charge is -2.07. The van der Waals surface area contributed by atoms with E-state index in [4.69, 9.17) is 0 Å². The minimum Gasteiger partial charge on any atom is -0.507 e. The van der Waals surface area contributed by atoms with Crippen molar-refractivity contribution in [1.29, 1.82) is 0 Å². The van der Waals surface area contributed by atoms with Gasteiger partial charge in [0.2, 0.25) is 11.8 Å². The van der Waals surface area contributed by atoms with E-state index in [2.05, 4.69) is 21.1 Å². The largest absolute Gasteiger partial charge is 0.507 e. The Hall–Kier alpha value is -3.68. The molecule has 0 unspecified atom stereocenters. The monoisotopic (exact) mass is 452 g/mol. The standard InChI is InChI=1S/C25H32N4O4/c1-3-20(18-12-8-10-14-22(18)30)26-28-24(32)16-6-5-7-17-25(33)29-27-21(4-2)19-13-9-11-15-23(19)31/h8-15,30-31H,3-7,16-17H2,1-2H3,(H,28,32)(H,29,33)/b26-20+,27-21+. The number of para-hydroxylation sites is 2. The molecule has 0 saturated heterocycles. The quantitative estimate of drug-likeness (QED) is 0.219. The maximum atomic E-state index is 12.1. The number of carbonyl (C=O) groups is 2. The fourth-order valence-corrected chi connectivity index (χ4v) is 3.21. The zero-order valence-electron chi connectivity index (χ0n) is 19.2. The highest BCUT2D eigenvalue weighted by molar-refractivity contribution is 6.03. The van der Waals surface area contributed by atoms with Crippen molar-refractivity contribution in [1.82, 2.24) is 10.9 Å². The number of phenols is 2. The van der Waals surface area contributed by atoms with E-state index in [-0.39, 0.29) is 23.3 Å². The molecule has 0 aliphatic carbocycles. The first-order valence-electron chi connectivity index (χ1n) is 11.2. The van der Waals surface area contributed by atoms with Crippen molar-refractivity contribution in [2.75, 3.05) is 0 Å². The van der Waals surface area contributed by atoms with E-state index in [1.165, 1.54) is 0 Å². The highest BCUT2D eigenvalue weighted by Gasteiger charge is 2.09. The lowest BCUT2D eigenvalue weighted by molar-refractivity contribution is -0.121. The van der Waals surface area contributed by atoms with Gasteiger partial charge in [-0.3, -0.25) is 9.59 Å². The predicted octanol–water partition coefficient (Wildman–Crippen LogP) is 4.21. The van der Waals surface area contributed by atoms with Crippen LogP contribution in [0.3, 0.4) is 0 Å². The lowest BCUT2D eigenvalue weighted by Crippen LogP contribution is -2.20. The molecular weight excluding hydrogens is 420 g/mol. The van der Waals surface area contributed by atoms with E-state index in [0.29, 0.717) is 67.5 Å². The maximum Gasteiger partial charge on any atom is 0.240 e. The van der Waals surface area contributed by atoms with E-state index in [0.717, 1.165) is 0 Å². The molecule has 2 rings (SSSR count). The Morgan fingerprint density at radius 1 is 0.697 bits per heavy atom. The Morgan fingerprint density at radius 3 is 1.45 bits per heavy atom. The molecule has 2 amide bonds. The summed E-state index contributed by atoms with van der Waals surface area (Å²) in [6, 6.07) is 13.7. The zero-order valence-corrected chi connectivity index (χ0v) is 19.2. The van der Waals surface area contributed by atoms with Gasteiger partial charge in [-0.1, -0.05) is 44.5 Å². The summed E-state index contributed by atoms with van der Waals surface area (Å²) in [6.07, 6.45) is 3.72. The van der Waals surface area contributed by atoms with Crippen LogP contribution in [0.5, 0.6) is 11.5 Å². The molecule has 0 aromatic heterocycles. The molecule has 0 radical (unpaired) electrons. The SMILES string of the molecule is CC/C(=N\NC(=O)CCCCCC(=O)N/N=C(\CC)c1ccccc1O)c1ccccc1O. The topological polar surface area (TPSA) is 123 Å². The van der Waals surface area contributed by atoms with Crippen LogP contribution < -0.4 is 10.9 Å². The fourth-order valence-electron chi connectivity index (χ4n) is 3.21. The zero-order chi connectivity index (χ0) is 24.1. The molecule has 8 heteroatoms. The number of benzene rings is 2. The first-order valence-corrected chi connectivity index (χ1v) is 11.2. The molecule has 0 aliphatic heterocycles. The molecule has 0 aliphatic rings. The second-order valence-electron chi connectivity index (χ2n) is 7.49. The van der Waals surface area contributed by atoms with E-state index >= 15 is 0 Å². The number of nitrogens with zero attached hydrogens (tertiary/aromatic N) is 2. The molecule has 33 heavy (non-hydrogen) atoms. The molecule has 0 heterocycles. The Morgan fingerprint density at radius 2 is 1.09 bits per heavy atom.